The first-order chi connectivity index (χ1) is 9.97. The number of anilines is 1. The van der Waals surface area contributed by atoms with Crippen LogP contribution in [0.3, 0.4) is 0 Å². The van der Waals surface area contributed by atoms with Gasteiger partial charge in [0.25, 0.3) is 0 Å². The fourth-order valence-electron chi connectivity index (χ4n) is 3.19. The number of nitrogens with one attached hydrogen (secondary N) is 1. The van der Waals surface area contributed by atoms with Crippen molar-refractivity contribution in [3.8, 4) is 0 Å². The molecule has 2 heteroatoms. The van der Waals surface area contributed by atoms with Gasteiger partial charge < -0.3 is 5.32 Å². The summed E-state index contributed by atoms with van der Waals surface area (Å²) in [6.45, 7) is 6.85. The van der Waals surface area contributed by atoms with Crippen LogP contribution in [0.5, 0.6) is 0 Å². The second-order valence-corrected chi connectivity index (χ2v) is 7.58. The fraction of sp³-hybridized carbons (Fsp3) is 0.368. The van der Waals surface area contributed by atoms with Gasteiger partial charge in [0.15, 0.2) is 0 Å². The summed E-state index contributed by atoms with van der Waals surface area (Å²) in [5, 5.41) is 3.77. The SMILES string of the molecule is Cc1ccc(NC2c3ccccc3CCC2(C)C)cc1Br. The highest BCUT2D eigenvalue weighted by atomic mass is 79.9. The molecule has 1 nitrogen and oxygen atoms in total. The third kappa shape index (κ3) is 2.87. The number of rotatable bonds is 2. The van der Waals surface area contributed by atoms with Gasteiger partial charge in [-0.15, -0.1) is 0 Å². The molecule has 0 saturated carbocycles. The lowest BCUT2D eigenvalue weighted by atomic mass is 9.70. The largest absolute Gasteiger partial charge is 0.378 e. The Morgan fingerprint density at radius 3 is 2.67 bits per heavy atom. The molecule has 0 heterocycles. The number of halogens is 1. The van der Waals surface area contributed by atoms with Gasteiger partial charge in [-0.2, -0.15) is 0 Å². The Labute approximate surface area is 135 Å². The lowest BCUT2D eigenvalue weighted by Crippen LogP contribution is -2.33. The zero-order chi connectivity index (χ0) is 15.0. The van der Waals surface area contributed by atoms with E-state index in [-0.39, 0.29) is 5.41 Å². The van der Waals surface area contributed by atoms with E-state index in [0.717, 1.165) is 4.47 Å². The molecule has 0 spiro atoms. The summed E-state index contributed by atoms with van der Waals surface area (Å²) < 4.78 is 1.16. The van der Waals surface area contributed by atoms with Crippen molar-refractivity contribution in [1.82, 2.24) is 0 Å². The molecule has 3 rings (SSSR count). The number of fused-ring (bicyclic) bond motifs is 1. The van der Waals surface area contributed by atoms with Crippen molar-refractivity contribution >= 4 is 21.6 Å². The molecule has 0 amide bonds. The fourth-order valence-corrected chi connectivity index (χ4v) is 3.57. The predicted molar refractivity (Wildman–Crippen MR) is 93.8 cm³/mol. The summed E-state index contributed by atoms with van der Waals surface area (Å²) in [6.07, 6.45) is 2.40. The van der Waals surface area contributed by atoms with E-state index in [4.69, 9.17) is 0 Å². The molecule has 1 unspecified atom stereocenters. The molecule has 2 aromatic carbocycles. The van der Waals surface area contributed by atoms with Crippen molar-refractivity contribution in [2.24, 2.45) is 5.41 Å². The summed E-state index contributed by atoms with van der Waals surface area (Å²) in [5.41, 5.74) is 5.64. The minimum absolute atomic E-state index is 0.256. The molecule has 1 aliphatic carbocycles. The lowest BCUT2D eigenvalue weighted by molar-refractivity contribution is 0.265. The maximum atomic E-state index is 3.77. The van der Waals surface area contributed by atoms with E-state index in [1.807, 2.05) is 0 Å². The topological polar surface area (TPSA) is 12.0 Å². The first-order valence-corrected chi connectivity index (χ1v) is 8.37. The number of hydrogen-bond donors (Lipinski definition) is 1. The van der Waals surface area contributed by atoms with Crippen LogP contribution in [0.2, 0.25) is 0 Å². The molecule has 0 bridgehead atoms. The molecule has 0 radical (unpaired) electrons. The predicted octanol–water partition coefficient (Wildman–Crippen LogP) is 5.88. The van der Waals surface area contributed by atoms with Gasteiger partial charge in [-0.25, -0.2) is 0 Å². The molecule has 0 aromatic heterocycles. The van der Waals surface area contributed by atoms with Crippen LogP contribution in [-0.4, -0.2) is 0 Å². The molecule has 110 valence electrons. The number of benzene rings is 2. The molecular formula is C19H22BrN. The summed E-state index contributed by atoms with van der Waals surface area (Å²) in [5.74, 6) is 0. The van der Waals surface area contributed by atoms with E-state index >= 15 is 0 Å². The maximum absolute atomic E-state index is 3.77. The number of hydrogen-bond acceptors (Lipinski definition) is 1. The van der Waals surface area contributed by atoms with Crippen LogP contribution in [0.15, 0.2) is 46.9 Å². The zero-order valence-corrected chi connectivity index (χ0v) is 14.5. The van der Waals surface area contributed by atoms with Gasteiger partial charge in [0.2, 0.25) is 0 Å². The van der Waals surface area contributed by atoms with Crippen LogP contribution in [0.25, 0.3) is 0 Å². The van der Waals surface area contributed by atoms with E-state index in [2.05, 4.69) is 84.5 Å². The van der Waals surface area contributed by atoms with Gasteiger partial charge in [0, 0.05) is 10.2 Å². The summed E-state index contributed by atoms with van der Waals surface area (Å²) in [7, 11) is 0. The second-order valence-electron chi connectivity index (χ2n) is 6.73. The summed E-state index contributed by atoms with van der Waals surface area (Å²) >= 11 is 3.63. The highest BCUT2D eigenvalue weighted by Gasteiger charge is 2.35. The van der Waals surface area contributed by atoms with Gasteiger partial charge in [-0.3, -0.25) is 0 Å². The van der Waals surface area contributed by atoms with E-state index in [9.17, 15) is 0 Å². The molecule has 0 saturated heterocycles. The highest BCUT2D eigenvalue weighted by molar-refractivity contribution is 9.10. The molecule has 1 aliphatic rings. The second kappa shape index (κ2) is 5.49. The third-order valence-corrected chi connectivity index (χ3v) is 5.52. The molecule has 0 fully saturated rings. The van der Waals surface area contributed by atoms with Gasteiger partial charge in [-0.05, 0) is 54.0 Å². The summed E-state index contributed by atoms with van der Waals surface area (Å²) in [6, 6.07) is 15.7. The minimum atomic E-state index is 0.256. The molecular weight excluding hydrogens is 322 g/mol. The van der Waals surface area contributed by atoms with E-state index in [0.29, 0.717) is 6.04 Å². The van der Waals surface area contributed by atoms with Crippen LogP contribution in [0, 0.1) is 12.3 Å². The highest BCUT2D eigenvalue weighted by Crippen LogP contribution is 2.45. The maximum Gasteiger partial charge on any atom is 0.0567 e. The Bertz CT molecular complexity index is 660. The van der Waals surface area contributed by atoms with Gasteiger partial charge in [0.1, 0.15) is 0 Å². The Morgan fingerprint density at radius 2 is 1.90 bits per heavy atom. The Hall–Kier alpha value is -1.28. The van der Waals surface area contributed by atoms with Crippen molar-refractivity contribution in [3.63, 3.8) is 0 Å². The van der Waals surface area contributed by atoms with Crippen LogP contribution < -0.4 is 5.32 Å². The minimum Gasteiger partial charge on any atom is -0.378 e. The molecule has 21 heavy (non-hydrogen) atoms. The smallest absolute Gasteiger partial charge is 0.0567 e. The lowest BCUT2D eigenvalue weighted by Gasteiger charge is -2.41. The zero-order valence-electron chi connectivity index (χ0n) is 12.9. The van der Waals surface area contributed by atoms with Gasteiger partial charge in [-0.1, -0.05) is 60.1 Å². The standard InChI is InChI=1S/C19H22BrN/c1-13-8-9-15(12-17(13)20)21-18-16-7-5-4-6-14(16)10-11-19(18,2)3/h4-9,12,18,21H,10-11H2,1-3H3. The van der Waals surface area contributed by atoms with Crippen molar-refractivity contribution in [2.45, 2.75) is 39.7 Å². The van der Waals surface area contributed by atoms with Crippen molar-refractivity contribution in [2.75, 3.05) is 5.32 Å². The van der Waals surface area contributed by atoms with E-state index < -0.39 is 0 Å². The molecule has 1 N–H and O–H groups in total. The first kappa shape index (κ1) is 14.6. The average molecular weight is 344 g/mol. The molecule has 2 aromatic rings. The van der Waals surface area contributed by atoms with Crippen LogP contribution in [0.1, 0.15) is 43.0 Å². The molecule has 0 aliphatic heterocycles. The number of aryl methyl sites for hydroxylation is 2. The molecule has 1 atom stereocenters. The van der Waals surface area contributed by atoms with Crippen molar-refractivity contribution in [3.05, 3.63) is 63.6 Å². The monoisotopic (exact) mass is 343 g/mol. The Balaban J connectivity index is 1.97. The average Bonchev–Trinajstić information content (AvgIpc) is 2.46. The van der Waals surface area contributed by atoms with Crippen molar-refractivity contribution in [1.29, 1.82) is 0 Å². The summed E-state index contributed by atoms with van der Waals surface area (Å²) in [4.78, 5) is 0. The Kier molecular flexibility index (Phi) is 3.83. The quantitative estimate of drug-likeness (QED) is 0.717. The van der Waals surface area contributed by atoms with Crippen LogP contribution >= 0.6 is 15.9 Å². The van der Waals surface area contributed by atoms with Crippen molar-refractivity contribution < 1.29 is 0 Å². The van der Waals surface area contributed by atoms with Crippen LogP contribution in [0.4, 0.5) is 5.69 Å². The van der Waals surface area contributed by atoms with E-state index in [1.54, 1.807) is 0 Å². The first-order valence-electron chi connectivity index (χ1n) is 7.58. The van der Waals surface area contributed by atoms with Gasteiger partial charge >= 0.3 is 0 Å². The van der Waals surface area contributed by atoms with Gasteiger partial charge in [0.05, 0.1) is 6.04 Å². The Morgan fingerprint density at radius 1 is 1.14 bits per heavy atom. The van der Waals surface area contributed by atoms with E-state index in [1.165, 1.54) is 35.2 Å². The normalized spacial score (nSPS) is 19.9. The van der Waals surface area contributed by atoms with Crippen LogP contribution in [-0.2, 0) is 6.42 Å². The third-order valence-electron chi connectivity index (χ3n) is 4.67.